The predicted molar refractivity (Wildman–Crippen MR) is 73.3 cm³/mol. The van der Waals surface area contributed by atoms with Crippen molar-refractivity contribution in [3.63, 3.8) is 0 Å². The number of nitrogens with one attached hydrogen (secondary N) is 1. The summed E-state index contributed by atoms with van der Waals surface area (Å²) in [6.07, 6.45) is 0. The van der Waals surface area contributed by atoms with E-state index in [1.165, 1.54) is 24.3 Å². The molecule has 2 aromatic carbocycles. The Hall–Kier alpha value is -2.23. The molecule has 1 amide bonds. The van der Waals surface area contributed by atoms with Crippen molar-refractivity contribution < 1.29 is 13.6 Å². The van der Waals surface area contributed by atoms with Crippen molar-refractivity contribution in [3.05, 3.63) is 71.3 Å². The number of benzene rings is 2. The maximum atomic E-state index is 13.8. The van der Waals surface area contributed by atoms with Gasteiger partial charge in [0, 0.05) is 5.56 Å². The Morgan fingerprint density at radius 1 is 0.950 bits per heavy atom. The van der Waals surface area contributed by atoms with Crippen molar-refractivity contribution in [3.8, 4) is 0 Å². The summed E-state index contributed by atoms with van der Waals surface area (Å²) in [5.41, 5.74) is -0.647. The zero-order valence-corrected chi connectivity index (χ0v) is 11.3. The molecule has 0 aliphatic carbocycles. The maximum absolute atomic E-state index is 13.8. The minimum Gasteiger partial charge on any atom is -0.343 e. The third-order valence-corrected chi connectivity index (χ3v) is 3.09. The van der Waals surface area contributed by atoms with E-state index in [-0.39, 0.29) is 5.56 Å². The van der Waals surface area contributed by atoms with Gasteiger partial charge in [0.05, 0.1) is 11.1 Å². The number of rotatable bonds is 3. The molecular formula is C16H15F2NO. The first kappa shape index (κ1) is 14.2. The first-order chi connectivity index (χ1) is 9.42. The molecule has 4 heteroatoms. The molecule has 0 unspecified atom stereocenters. The van der Waals surface area contributed by atoms with Gasteiger partial charge in [-0.2, -0.15) is 0 Å². The Kier molecular flexibility index (Phi) is 3.84. The fourth-order valence-electron chi connectivity index (χ4n) is 2.03. The molecule has 0 aliphatic rings. The smallest absolute Gasteiger partial charge is 0.254 e. The molecule has 0 radical (unpaired) electrons. The van der Waals surface area contributed by atoms with Gasteiger partial charge in [0.15, 0.2) is 0 Å². The molecule has 2 aromatic rings. The van der Waals surface area contributed by atoms with Crippen molar-refractivity contribution in [1.82, 2.24) is 5.32 Å². The van der Waals surface area contributed by atoms with Gasteiger partial charge in [0.1, 0.15) is 11.6 Å². The maximum Gasteiger partial charge on any atom is 0.254 e. The quantitative estimate of drug-likeness (QED) is 0.910. The van der Waals surface area contributed by atoms with Crippen LogP contribution in [0.15, 0.2) is 48.5 Å². The zero-order valence-electron chi connectivity index (χ0n) is 11.3. The molecule has 2 nitrogen and oxygen atoms in total. The van der Waals surface area contributed by atoms with Gasteiger partial charge < -0.3 is 5.32 Å². The zero-order chi connectivity index (χ0) is 14.8. The summed E-state index contributed by atoms with van der Waals surface area (Å²) in [5.74, 6) is -1.59. The molecule has 1 N–H and O–H groups in total. The highest BCUT2D eigenvalue weighted by Gasteiger charge is 2.27. The summed E-state index contributed by atoms with van der Waals surface area (Å²) >= 11 is 0. The second-order valence-corrected chi connectivity index (χ2v) is 5.04. The monoisotopic (exact) mass is 275 g/mol. The van der Waals surface area contributed by atoms with Crippen LogP contribution in [0.4, 0.5) is 8.78 Å². The molecule has 0 fully saturated rings. The third kappa shape index (κ3) is 2.85. The van der Waals surface area contributed by atoms with Gasteiger partial charge in [0.25, 0.3) is 5.91 Å². The van der Waals surface area contributed by atoms with Gasteiger partial charge in [-0.1, -0.05) is 30.3 Å². The molecule has 104 valence electrons. The molecule has 2 rings (SSSR count). The highest BCUT2D eigenvalue weighted by Crippen LogP contribution is 2.23. The standard InChI is InChI=1S/C16H15F2NO/c1-16(2,12-8-4-6-10-14(12)18)19-15(20)11-7-3-5-9-13(11)17/h3-10H,1-2H3,(H,19,20). The second kappa shape index (κ2) is 5.41. The van der Waals surface area contributed by atoms with E-state index in [4.69, 9.17) is 0 Å². The van der Waals surface area contributed by atoms with Crippen LogP contribution in [0, 0.1) is 11.6 Å². The number of carbonyl (C=O) groups is 1. The number of amides is 1. The molecule has 0 spiro atoms. The number of carbonyl (C=O) groups excluding carboxylic acids is 1. The van der Waals surface area contributed by atoms with E-state index in [1.807, 2.05) is 0 Å². The van der Waals surface area contributed by atoms with E-state index in [1.54, 1.807) is 38.1 Å². The van der Waals surface area contributed by atoms with Crippen LogP contribution in [0.3, 0.4) is 0 Å². The molecular weight excluding hydrogens is 260 g/mol. The summed E-state index contributed by atoms with van der Waals surface area (Å²) in [6, 6.07) is 11.9. The van der Waals surface area contributed by atoms with Crippen LogP contribution in [0.2, 0.25) is 0 Å². The summed E-state index contributed by atoms with van der Waals surface area (Å²) < 4.78 is 27.4. The van der Waals surface area contributed by atoms with Gasteiger partial charge in [-0.3, -0.25) is 4.79 Å². The SMILES string of the molecule is CC(C)(NC(=O)c1ccccc1F)c1ccccc1F. The first-order valence-electron chi connectivity index (χ1n) is 6.24. The average molecular weight is 275 g/mol. The Morgan fingerprint density at radius 2 is 1.50 bits per heavy atom. The lowest BCUT2D eigenvalue weighted by Gasteiger charge is -2.27. The second-order valence-electron chi connectivity index (χ2n) is 5.04. The number of hydrogen-bond acceptors (Lipinski definition) is 1. The van der Waals surface area contributed by atoms with Crippen molar-refractivity contribution in [2.75, 3.05) is 0 Å². The molecule has 0 saturated heterocycles. The van der Waals surface area contributed by atoms with Crippen molar-refractivity contribution in [2.45, 2.75) is 19.4 Å². The van der Waals surface area contributed by atoms with E-state index in [9.17, 15) is 13.6 Å². The van der Waals surface area contributed by atoms with Crippen LogP contribution in [0.5, 0.6) is 0 Å². The van der Waals surface area contributed by atoms with Crippen LogP contribution < -0.4 is 5.32 Å². The molecule has 0 aliphatic heterocycles. The lowest BCUT2D eigenvalue weighted by atomic mass is 9.93. The molecule has 0 saturated carbocycles. The van der Waals surface area contributed by atoms with Gasteiger partial charge in [0.2, 0.25) is 0 Å². The van der Waals surface area contributed by atoms with Gasteiger partial charge in [-0.05, 0) is 32.0 Å². The van der Waals surface area contributed by atoms with Crippen molar-refractivity contribution in [2.24, 2.45) is 0 Å². The largest absolute Gasteiger partial charge is 0.343 e. The highest BCUT2D eigenvalue weighted by molar-refractivity contribution is 5.95. The molecule has 0 aromatic heterocycles. The lowest BCUT2D eigenvalue weighted by molar-refractivity contribution is 0.0906. The summed E-state index contributed by atoms with van der Waals surface area (Å²) in [6.45, 7) is 3.34. The molecule has 0 atom stereocenters. The molecule has 0 bridgehead atoms. The van der Waals surface area contributed by atoms with E-state index in [2.05, 4.69) is 5.32 Å². The Balaban J connectivity index is 2.27. The van der Waals surface area contributed by atoms with E-state index >= 15 is 0 Å². The summed E-state index contributed by atoms with van der Waals surface area (Å²) in [5, 5.41) is 2.65. The van der Waals surface area contributed by atoms with Crippen LogP contribution >= 0.6 is 0 Å². The Labute approximate surface area is 116 Å². The Morgan fingerprint density at radius 3 is 2.10 bits per heavy atom. The number of hydrogen-bond donors (Lipinski definition) is 1. The summed E-state index contributed by atoms with van der Waals surface area (Å²) in [4.78, 5) is 12.1. The topological polar surface area (TPSA) is 29.1 Å². The fourth-order valence-corrected chi connectivity index (χ4v) is 2.03. The van der Waals surface area contributed by atoms with Crippen LogP contribution in [-0.4, -0.2) is 5.91 Å². The van der Waals surface area contributed by atoms with Gasteiger partial charge in [-0.25, -0.2) is 8.78 Å². The lowest BCUT2D eigenvalue weighted by Crippen LogP contribution is -2.41. The fraction of sp³-hybridized carbons (Fsp3) is 0.188. The van der Waals surface area contributed by atoms with Gasteiger partial charge >= 0.3 is 0 Å². The molecule has 20 heavy (non-hydrogen) atoms. The predicted octanol–water partition coefficient (Wildman–Crippen LogP) is 3.63. The van der Waals surface area contributed by atoms with Crippen LogP contribution in [0.1, 0.15) is 29.8 Å². The third-order valence-electron chi connectivity index (χ3n) is 3.09. The molecule has 0 heterocycles. The van der Waals surface area contributed by atoms with Gasteiger partial charge in [-0.15, -0.1) is 0 Å². The van der Waals surface area contributed by atoms with Crippen molar-refractivity contribution >= 4 is 5.91 Å². The van der Waals surface area contributed by atoms with E-state index in [0.29, 0.717) is 5.56 Å². The first-order valence-corrected chi connectivity index (χ1v) is 6.24. The van der Waals surface area contributed by atoms with Crippen LogP contribution in [0.25, 0.3) is 0 Å². The Bertz CT molecular complexity index is 638. The van der Waals surface area contributed by atoms with E-state index in [0.717, 1.165) is 0 Å². The average Bonchev–Trinajstić information content (AvgIpc) is 2.38. The minimum absolute atomic E-state index is 0.0584. The van der Waals surface area contributed by atoms with Crippen molar-refractivity contribution in [1.29, 1.82) is 0 Å². The minimum atomic E-state index is -0.940. The van der Waals surface area contributed by atoms with Crippen LogP contribution in [-0.2, 0) is 5.54 Å². The highest BCUT2D eigenvalue weighted by atomic mass is 19.1. The summed E-state index contributed by atoms with van der Waals surface area (Å²) in [7, 11) is 0. The van der Waals surface area contributed by atoms with E-state index < -0.39 is 23.1 Å². The normalized spacial score (nSPS) is 11.2. The number of halogens is 2.